The number of amides is 1. The maximum absolute atomic E-state index is 12.0. The van der Waals surface area contributed by atoms with Gasteiger partial charge in [-0.2, -0.15) is 0 Å². The van der Waals surface area contributed by atoms with Gasteiger partial charge in [0.1, 0.15) is 18.0 Å². The molecule has 3 N–H and O–H groups in total. The van der Waals surface area contributed by atoms with Crippen molar-refractivity contribution in [3.8, 4) is 0 Å². The van der Waals surface area contributed by atoms with Crippen molar-refractivity contribution in [2.45, 2.75) is 84.0 Å². The number of carbonyl (C=O) groups is 1. The molecule has 1 aliphatic carbocycles. The van der Waals surface area contributed by atoms with Gasteiger partial charge in [0, 0.05) is 39.4 Å². The number of nitrogens with zero attached hydrogens (tertiary/aromatic N) is 4. The molecule has 0 aliphatic heterocycles. The zero-order valence-corrected chi connectivity index (χ0v) is 19.8. The van der Waals surface area contributed by atoms with E-state index in [0.29, 0.717) is 19.2 Å². The zero-order chi connectivity index (χ0) is 22.9. The highest BCUT2D eigenvalue weighted by Gasteiger charge is 2.25. The molecule has 10 nitrogen and oxygen atoms in total. The summed E-state index contributed by atoms with van der Waals surface area (Å²) in [4.78, 5) is 16.7. The van der Waals surface area contributed by atoms with Gasteiger partial charge in [0.25, 0.3) is 0 Å². The Labute approximate surface area is 185 Å². The fraction of sp³-hybridized carbons (Fsp3) is 0.810. The maximum Gasteiger partial charge on any atom is 0.407 e. The van der Waals surface area contributed by atoms with Crippen LogP contribution in [0.15, 0.2) is 4.99 Å². The van der Waals surface area contributed by atoms with E-state index in [-0.39, 0.29) is 12.1 Å². The quantitative estimate of drug-likeness (QED) is 0.324. The second kappa shape index (κ2) is 11.9. The predicted molar refractivity (Wildman–Crippen MR) is 120 cm³/mol. The smallest absolute Gasteiger partial charge is 0.407 e. The van der Waals surface area contributed by atoms with Gasteiger partial charge >= 0.3 is 6.09 Å². The normalized spacial score (nSPS) is 19.7. The number of hydrogen-bond donors (Lipinski definition) is 3. The summed E-state index contributed by atoms with van der Waals surface area (Å²) in [5.41, 5.74) is -0.482. The van der Waals surface area contributed by atoms with Gasteiger partial charge in [-0.25, -0.2) is 9.79 Å². The van der Waals surface area contributed by atoms with E-state index in [1.165, 1.54) is 0 Å². The van der Waals surface area contributed by atoms with Crippen LogP contribution in [-0.4, -0.2) is 64.8 Å². The van der Waals surface area contributed by atoms with Gasteiger partial charge in [-0.05, 0) is 59.8 Å². The summed E-state index contributed by atoms with van der Waals surface area (Å²) in [5.74, 6) is 2.45. The van der Waals surface area contributed by atoms with Gasteiger partial charge < -0.3 is 30.0 Å². The molecule has 1 amide bonds. The third kappa shape index (κ3) is 9.12. The van der Waals surface area contributed by atoms with Crippen molar-refractivity contribution in [2.24, 2.45) is 12.0 Å². The number of carbonyl (C=O) groups excluding carboxylic acids is 1. The number of guanidine groups is 1. The van der Waals surface area contributed by atoms with Crippen LogP contribution in [0, 0.1) is 6.92 Å². The first-order chi connectivity index (χ1) is 14.7. The molecule has 0 atom stereocenters. The first-order valence-corrected chi connectivity index (χ1v) is 11.1. The van der Waals surface area contributed by atoms with Crippen LogP contribution in [0.1, 0.15) is 64.5 Å². The molecule has 176 valence electrons. The molecule has 0 aromatic carbocycles. The average molecular weight is 438 g/mol. The fourth-order valence-corrected chi connectivity index (χ4v) is 3.36. The summed E-state index contributed by atoms with van der Waals surface area (Å²) in [6.07, 6.45) is 4.24. The molecule has 0 unspecified atom stereocenters. The maximum atomic E-state index is 12.0. The summed E-state index contributed by atoms with van der Waals surface area (Å²) >= 11 is 0. The molecule has 0 bridgehead atoms. The molecule has 1 saturated carbocycles. The molecule has 2 rings (SSSR count). The van der Waals surface area contributed by atoms with Crippen molar-refractivity contribution >= 4 is 12.1 Å². The van der Waals surface area contributed by atoms with Gasteiger partial charge in [-0.3, -0.25) is 0 Å². The number of ether oxygens (including phenoxy) is 2. The van der Waals surface area contributed by atoms with Crippen molar-refractivity contribution in [3.05, 3.63) is 11.6 Å². The van der Waals surface area contributed by atoms with Crippen molar-refractivity contribution in [1.82, 2.24) is 30.7 Å². The number of aliphatic imine (C=N–C) groups is 1. The van der Waals surface area contributed by atoms with Crippen molar-refractivity contribution in [3.63, 3.8) is 0 Å². The highest BCUT2D eigenvalue weighted by Crippen LogP contribution is 2.19. The molecule has 1 fully saturated rings. The Morgan fingerprint density at radius 3 is 2.35 bits per heavy atom. The summed E-state index contributed by atoms with van der Waals surface area (Å²) in [7, 11) is 3.64. The number of aryl methyl sites for hydroxylation is 1. The molecular weight excluding hydrogens is 398 g/mol. The van der Waals surface area contributed by atoms with Crippen LogP contribution in [0.2, 0.25) is 0 Å². The molecule has 1 heterocycles. The Hall–Kier alpha value is -2.36. The van der Waals surface area contributed by atoms with Crippen LogP contribution < -0.4 is 16.0 Å². The topological polar surface area (TPSA) is 115 Å². The zero-order valence-electron chi connectivity index (χ0n) is 19.8. The number of hydrogen-bond acceptors (Lipinski definition) is 6. The van der Waals surface area contributed by atoms with E-state index in [4.69, 9.17) is 14.5 Å². The first-order valence-electron chi connectivity index (χ1n) is 11.1. The van der Waals surface area contributed by atoms with E-state index < -0.39 is 5.60 Å². The second-order valence-electron chi connectivity index (χ2n) is 9.00. The largest absolute Gasteiger partial charge is 0.444 e. The summed E-state index contributed by atoms with van der Waals surface area (Å²) in [5, 5.41) is 18.2. The number of nitrogens with one attached hydrogen (secondary N) is 3. The van der Waals surface area contributed by atoms with Crippen LogP contribution in [0.3, 0.4) is 0 Å². The fourth-order valence-electron chi connectivity index (χ4n) is 3.36. The Morgan fingerprint density at radius 2 is 1.81 bits per heavy atom. The van der Waals surface area contributed by atoms with Crippen LogP contribution in [0.25, 0.3) is 0 Å². The standard InChI is InChI=1S/C21H39N7O3/c1-15-26-27-18(28(15)5)14-23-19(22-12-7-13-30-6)24-16-8-10-17(11-9-16)25-20(29)31-21(2,3)4/h16-17H,7-14H2,1-6H3,(H,25,29)(H2,22,23,24). The Balaban J connectivity index is 1.86. The van der Waals surface area contributed by atoms with Crippen LogP contribution in [0.4, 0.5) is 4.79 Å². The van der Waals surface area contributed by atoms with E-state index in [9.17, 15) is 4.79 Å². The molecule has 31 heavy (non-hydrogen) atoms. The SMILES string of the molecule is COCCCNC(=NCc1nnc(C)n1C)NC1CCC(NC(=O)OC(C)(C)C)CC1. The Kier molecular flexibility index (Phi) is 9.54. The number of methoxy groups -OCH3 is 1. The third-order valence-corrected chi connectivity index (χ3v) is 5.17. The van der Waals surface area contributed by atoms with E-state index in [0.717, 1.165) is 56.3 Å². The number of aromatic nitrogens is 3. The lowest BCUT2D eigenvalue weighted by molar-refractivity contribution is 0.0490. The van der Waals surface area contributed by atoms with Crippen molar-refractivity contribution in [1.29, 1.82) is 0 Å². The highest BCUT2D eigenvalue weighted by molar-refractivity contribution is 5.80. The monoisotopic (exact) mass is 437 g/mol. The van der Waals surface area contributed by atoms with E-state index in [2.05, 4.69) is 26.1 Å². The molecular formula is C21H39N7O3. The predicted octanol–water partition coefficient (Wildman–Crippen LogP) is 2.03. The van der Waals surface area contributed by atoms with Crippen molar-refractivity contribution < 1.29 is 14.3 Å². The minimum Gasteiger partial charge on any atom is -0.444 e. The summed E-state index contributed by atoms with van der Waals surface area (Å²) < 4.78 is 12.4. The third-order valence-electron chi connectivity index (χ3n) is 5.17. The minimum absolute atomic E-state index is 0.143. The van der Waals surface area contributed by atoms with Crippen molar-refractivity contribution in [2.75, 3.05) is 20.3 Å². The molecule has 0 spiro atoms. The molecule has 0 radical (unpaired) electrons. The summed E-state index contributed by atoms with van der Waals surface area (Å²) in [6, 6.07) is 0.441. The average Bonchev–Trinajstić information content (AvgIpc) is 3.01. The van der Waals surface area contributed by atoms with Crippen LogP contribution >= 0.6 is 0 Å². The first kappa shape index (κ1) is 24.9. The van der Waals surface area contributed by atoms with Crippen LogP contribution in [-0.2, 0) is 23.1 Å². The lowest BCUT2D eigenvalue weighted by atomic mass is 9.91. The van der Waals surface area contributed by atoms with E-state index in [1.54, 1.807) is 7.11 Å². The van der Waals surface area contributed by atoms with E-state index >= 15 is 0 Å². The number of rotatable bonds is 8. The second-order valence-corrected chi connectivity index (χ2v) is 9.00. The molecule has 1 aromatic rings. The molecule has 1 aliphatic rings. The van der Waals surface area contributed by atoms with Gasteiger partial charge in [-0.1, -0.05) is 0 Å². The molecule has 1 aromatic heterocycles. The van der Waals surface area contributed by atoms with Gasteiger partial charge in [0.15, 0.2) is 11.8 Å². The lowest BCUT2D eigenvalue weighted by Crippen LogP contribution is -2.48. The Morgan fingerprint density at radius 1 is 1.16 bits per heavy atom. The molecule has 0 saturated heterocycles. The van der Waals surface area contributed by atoms with E-state index in [1.807, 2.05) is 39.3 Å². The highest BCUT2D eigenvalue weighted by atomic mass is 16.6. The Bertz CT molecular complexity index is 719. The van der Waals surface area contributed by atoms with Gasteiger partial charge in [0.05, 0.1) is 0 Å². The minimum atomic E-state index is -0.482. The summed E-state index contributed by atoms with van der Waals surface area (Å²) in [6.45, 7) is 9.46. The van der Waals surface area contributed by atoms with Crippen LogP contribution in [0.5, 0.6) is 0 Å². The van der Waals surface area contributed by atoms with Gasteiger partial charge in [-0.15, -0.1) is 10.2 Å². The van der Waals surface area contributed by atoms with Gasteiger partial charge in [0.2, 0.25) is 0 Å². The lowest BCUT2D eigenvalue weighted by Gasteiger charge is -2.31. The molecule has 10 heteroatoms. The number of alkyl carbamates (subject to hydrolysis) is 1.